The van der Waals surface area contributed by atoms with Gasteiger partial charge in [0.2, 0.25) is 0 Å². The Labute approximate surface area is 278 Å². The molecular weight excluding hydrogens is 578 g/mol. The standard InChI is InChI=1S/C38H63N3O5/c1-9-11-12-13-14-15-16-17-18-19-20-21-30(46-10-2)24-31-32(22-29(39)23-33(31)40)38(25(3)4)34(36(42)43)27(7)41(26(5)6)28(8)35(38)37(44)45/h22-23,25-26,30H,9-21,24,39-40H2,1-8H3,(H,42,43)(H,44,45). The van der Waals surface area contributed by atoms with Crippen molar-refractivity contribution in [2.75, 3.05) is 18.1 Å². The monoisotopic (exact) mass is 641 g/mol. The summed E-state index contributed by atoms with van der Waals surface area (Å²) in [6.07, 6.45) is 15.0. The second kappa shape index (κ2) is 18.4. The molecular formula is C38H63N3O5. The third-order valence-electron chi connectivity index (χ3n) is 9.74. The molecule has 8 heteroatoms. The number of hydrogen-bond acceptors (Lipinski definition) is 6. The van der Waals surface area contributed by atoms with Gasteiger partial charge in [-0.15, -0.1) is 0 Å². The molecule has 6 N–H and O–H groups in total. The van der Waals surface area contributed by atoms with E-state index in [1.54, 1.807) is 26.0 Å². The van der Waals surface area contributed by atoms with E-state index in [1.807, 2.05) is 39.5 Å². The number of nitrogens with zero attached hydrogens (tertiary/aromatic N) is 1. The smallest absolute Gasteiger partial charge is 0.334 e. The average molecular weight is 642 g/mol. The van der Waals surface area contributed by atoms with Crippen molar-refractivity contribution in [3.63, 3.8) is 0 Å². The Kier molecular flexibility index (Phi) is 15.6. The Morgan fingerprint density at radius 1 is 0.804 bits per heavy atom. The van der Waals surface area contributed by atoms with Crippen LogP contribution in [0.3, 0.4) is 0 Å². The highest BCUT2D eigenvalue weighted by Crippen LogP contribution is 2.54. The normalized spacial score (nSPS) is 15.7. The largest absolute Gasteiger partial charge is 0.478 e. The summed E-state index contributed by atoms with van der Waals surface area (Å²) in [5, 5.41) is 21.6. The zero-order chi connectivity index (χ0) is 34.6. The summed E-state index contributed by atoms with van der Waals surface area (Å²) in [5.74, 6) is -2.75. The lowest BCUT2D eigenvalue weighted by atomic mass is 9.58. The fourth-order valence-corrected chi connectivity index (χ4v) is 7.81. The Hall–Kier alpha value is -3.00. The number of anilines is 2. The molecule has 0 aromatic heterocycles. The molecule has 0 bridgehead atoms. The van der Waals surface area contributed by atoms with Gasteiger partial charge in [-0.25, -0.2) is 9.59 Å². The molecule has 260 valence electrons. The summed E-state index contributed by atoms with van der Waals surface area (Å²) in [6.45, 7) is 15.9. The van der Waals surface area contributed by atoms with Gasteiger partial charge in [-0.05, 0) is 70.2 Å². The fourth-order valence-electron chi connectivity index (χ4n) is 7.81. The van der Waals surface area contributed by atoms with Crippen LogP contribution in [0.1, 0.15) is 144 Å². The lowest BCUT2D eigenvalue weighted by molar-refractivity contribution is -0.135. The zero-order valence-corrected chi connectivity index (χ0v) is 30.0. The van der Waals surface area contributed by atoms with Crippen molar-refractivity contribution in [2.24, 2.45) is 5.92 Å². The van der Waals surface area contributed by atoms with Crippen molar-refractivity contribution < 1.29 is 24.5 Å². The molecule has 0 saturated heterocycles. The second-order valence-corrected chi connectivity index (χ2v) is 13.7. The summed E-state index contributed by atoms with van der Waals surface area (Å²) in [4.78, 5) is 28.3. The van der Waals surface area contributed by atoms with Crippen LogP contribution in [0.15, 0.2) is 34.7 Å². The minimum atomic E-state index is -1.50. The number of nitrogens with two attached hydrogens (primary N) is 2. The van der Waals surface area contributed by atoms with Gasteiger partial charge < -0.3 is 31.3 Å². The van der Waals surface area contributed by atoms with Crippen LogP contribution >= 0.6 is 0 Å². The number of carbonyl (C=O) groups is 2. The maximum Gasteiger partial charge on any atom is 0.334 e. The maximum atomic E-state index is 13.2. The molecule has 2 rings (SSSR count). The van der Waals surface area contributed by atoms with Gasteiger partial charge in [0, 0.05) is 41.8 Å². The van der Waals surface area contributed by atoms with Gasteiger partial charge in [-0.1, -0.05) is 91.4 Å². The number of aliphatic carboxylic acids is 2. The molecule has 0 fully saturated rings. The molecule has 0 amide bonds. The Morgan fingerprint density at radius 2 is 1.28 bits per heavy atom. The van der Waals surface area contributed by atoms with Crippen molar-refractivity contribution in [3.8, 4) is 0 Å². The number of allylic oxidation sites excluding steroid dienone is 2. The highest BCUT2D eigenvalue weighted by molar-refractivity contribution is 6.01. The summed E-state index contributed by atoms with van der Waals surface area (Å²) >= 11 is 0. The van der Waals surface area contributed by atoms with E-state index in [1.165, 1.54) is 57.8 Å². The molecule has 1 atom stereocenters. The van der Waals surface area contributed by atoms with Gasteiger partial charge in [0.25, 0.3) is 0 Å². The number of nitrogen functional groups attached to an aromatic ring is 2. The van der Waals surface area contributed by atoms with Crippen LogP contribution in [-0.4, -0.2) is 45.8 Å². The minimum Gasteiger partial charge on any atom is -0.478 e. The minimum absolute atomic E-state index is 0.0452. The first kappa shape index (κ1) is 39.2. The Balaban J connectivity index is 2.49. The van der Waals surface area contributed by atoms with Gasteiger partial charge in [0.1, 0.15) is 0 Å². The van der Waals surface area contributed by atoms with Gasteiger partial charge in [0.05, 0.1) is 22.7 Å². The highest BCUT2D eigenvalue weighted by atomic mass is 16.5. The van der Waals surface area contributed by atoms with Crippen molar-refractivity contribution in [1.29, 1.82) is 0 Å². The molecule has 8 nitrogen and oxygen atoms in total. The van der Waals surface area contributed by atoms with E-state index >= 15 is 0 Å². The lowest BCUT2D eigenvalue weighted by Gasteiger charge is -2.49. The van der Waals surface area contributed by atoms with E-state index in [0.717, 1.165) is 19.3 Å². The first-order valence-corrected chi connectivity index (χ1v) is 17.7. The molecule has 0 aliphatic carbocycles. The number of benzene rings is 1. The van der Waals surface area contributed by atoms with Crippen molar-refractivity contribution >= 4 is 23.3 Å². The van der Waals surface area contributed by atoms with Crippen LogP contribution in [0, 0.1) is 5.92 Å². The predicted molar refractivity (Wildman–Crippen MR) is 190 cm³/mol. The summed E-state index contributed by atoms with van der Waals surface area (Å²) in [6, 6.07) is 3.29. The lowest BCUT2D eigenvalue weighted by Crippen LogP contribution is -2.50. The summed E-state index contributed by atoms with van der Waals surface area (Å²) in [7, 11) is 0. The van der Waals surface area contributed by atoms with Gasteiger partial charge >= 0.3 is 11.9 Å². The summed E-state index contributed by atoms with van der Waals surface area (Å²) in [5.41, 5.74) is 14.8. The van der Waals surface area contributed by atoms with Crippen LogP contribution in [-0.2, 0) is 26.2 Å². The van der Waals surface area contributed by atoms with Crippen molar-refractivity contribution in [1.82, 2.24) is 4.90 Å². The molecule has 0 spiro atoms. The number of ether oxygens (including phenoxy) is 1. The van der Waals surface area contributed by atoms with E-state index in [0.29, 0.717) is 46.9 Å². The van der Waals surface area contributed by atoms with Crippen molar-refractivity contribution in [2.45, 2.75) is 156 Å². The first-order chi connectivity index (χ1) is 21.8. The molecule has 46 heavy (non-hydrogen) atoms. The number of hydrogen-bond donors (Lipinski definition) is 4. The molecule has 1 aromatic carbocycles. The molecule has 1 aliphatic heterocycles. The van der Waals surface area contributed by atoms with Crippen LogP contribution < -0.4 is 11.5 Å². The number of unbranched alkanes of at least 4 members (excludes halogenated alkanes) is 10. The van der Waals surface area contributed by atoms with E-state index < -0.39 is 23.3 Å². The topological polar surface area (TPSA) is 139 Å². The first-order valence-electron chi connectivity index (χ1n) is 17.7. The third kappa shape index (κ3) is 9.08. The number of carboxylic acid groups (broad SMARTS) is 2. The van der Waals surface area contributed by atoms with Gasteiger partial charge in [-0.3, -0.25) is 0 Å². The number of carboxylic acids is 2. The molecule has 1 unspecified atom stereocenters. The third-order valence-corrected chi connectivity index (χ3v) is 9.74. The molecule has 0 radical (unpaired) electrons. The van der Waals surface area contributed by atoms with Crippen LogP contribution in [0.25, 0.3) is 0 Å². The second-order valence-electron chi connectivity index (χ2n) is 13.7. The Bertz CT molecular complexity index is 1190. The molecule has 1 heterocycles. The van der Waals surface area contributed by atoms with Crippen molar-refractivity contribution in [3.05, 3.63) is 45.8 Å². The molecule has 1 aromatic rings. The van der Waals surface area contributed by atoms with Crippen LogP contribution in [0.5, 0.6) is 0 Å². The van der Waals surface area contributed by atoms with E-state index in [9.17, 15) is 19.8 Å². The van der Waals surface area contributed by atoms with Gasteiger partial charge in [-0.2, -0.15) is 0 Å². The van der Waals surface area contributed by atoms with E-state index in [2.05, 4.69) is 6.92 Å². The Morgan fingerprint density at radius 3 is 1.70 bits per heavy atom. The average Bonchev–Trinajstić information content (AvgIpc) is 2.95. The predicted octanol–water partition coefficient (Wildman–Crippen LogP) is 8.83. The maximum absolute atomic E-state index is 13.2. The van der Waals surface area contributed by atoms with Crippen LogP contribution in [0.4, 0.5) is 11.4 Å². The van der Waals surface area contributed by atoms with Crippen LogP contribution in [0.2, 0.25) is 0 Å². The fraction of sp³-hybridized carbons (Fsp3) is 0.684. The highest BCUT2D eigenvalue weighted by Gasteiger charge is 2.55. The van der Waals surface area contributed by atoms with E-state index in [-0.39, 0.29) is 23.3 Å². The van der Waals surface area contributed by atoms with E-state index in [4.69, 9.17) is 16.2 Å². The SMILES string of the molecule is CCCCCCCCCCCCCC(Cc1c(N)cc(N)cc1C1(C(C)C)C(C(=O)O)=C(C)N(C(C)C)C(C)=C1C(=O)O)OCC. The molecule has 0 saturated carbocycles. The van der Waals surface area contributed by atoms with Gasteiger partial charge in [0.15, 0.2) is 0 Å². The quantitative estimate of drug-likeness (QED) is 0.0771. The summed E-state index contributed by atoms with van der Waals surface area (Å²) < 4.78 is 6.25. The number of rotatable bonds is 21. The zero-order valence-electron chi connectivity index (χ0n) is 30.0. The molecule has 1 aliphatic rings.